The Hall–Kier alpha value is -1.64. The second kappa shape index (κ2) is 5.55. The summed E-state index contributed by atoms with van der Waals surface area (Å²) in [6.45, 7) is 6.00. The molecule has 0 radical (unpaired) electrons. The lowest BCUT2D eigenvalue weighted by atomic mass is 10.0. The predicted molar refractivity (Wildman–Crippen MR) is 72.0 cm³/mol. The zero-order chi connectivity index (χ0) is 13.9. The first-order valence-electron chi connectivity index (χ1n) is 6.32. The average molecular weight is 261 g/mol. The van der Waals surface area contributed by atoms with Crippen molar-refractivity contribution in [2.24, 2.45) is 0 Å². The van der Waals surface area contributed by atoms with Crippen LogP contribution in [-0.4, -0.2) is 43.5 Å². The summed E-state index contributed by atoms with van der Waals surface area (Å²) in [7, 11) is 1.66. The highest BCUT2D eigenvalue weighted by molar-refractivity contribution is 5.54. The van der Waals surface area contributed by atoms with Crippen LogP contribution in [0.1, 0.15) is 19.4 Å². The number of ether oxygens (including phenoxy) is 2. The molecular weight excluding hydrogens is 242 g/mol. The number of nitrogens with zero attached hydrogens (tertiary/aromatic N) is 3. The Morgan fingerprint density at radius 3 is 3.11 bits per heavy atom. The summed E-state index contributed by atoms with van der Waals surface area (Å²) < 4.78 is 11.1. The van der Waals surface area contributed by atoms with Gasteiger partial charge in [0, 0.05) is 26.4 Å². The maximum absolute atomic E-state index is 9.18. The highest BCUT2D eigenvalue weighted by atomic mass is 16.5. The van der Waals surface area contributed by atoms with E-state index in [4.69, 9.17) is 9.47 Å². The lowest BCUT2D eigenvalue weighted by molar-refractivity contribution is -0.106. The molecule has 2 rings (SSSR count). The molecule has 1 fully saturated rings. The third kappa shape index (κ3) is 3.22. The maximum Gasteiger partial charge on any atom is 0.146 e. The molecule has 1 aliphatic rings. The summed E-state index contributed by atoms with van der Waals surface area (Å²) in [6.07, 6.45) is 1.70. The van der Waals surface area contributed by atoms with E-state index in [1.165, 1.54) is 0 Å². The highest BCUT2D eigenvalue weighted by Crippen LogP contribution is 2.26. The van der Waals surface area contributed by atoms with E-state index in [0.29, 0.717) is 25.3 Å². The number of methoxy groups -OCH3 is 1. The van der Waals surface area contributed by atoms with Gasteiger partial charge in [0.1, 0.15) is 11.9 Å². The Bertz CT molecular complexity index is 482. The SMILES string of the molecule is COC[C@@H]1CN(c2ncccc2C#N)CC(C)(C)O1. The monoisotopic (exact) mass is 261 g/mol. The fourth-order valence-corrected chi connectivity index (χ4v) is 2.47. The van der Waals surface area contributed by atoms with Crippen molar-refractivity contribution in [2.45, 2.75) is 25.6 Å². The molecule has 0 aliphatic carbocycles. The van der Waals surface area contributed by atoms with Gasteiger partial charge in [-0.1, -0.05) is 0 Å². The first-order chi connectivity index (χ1) is 9.05. The molecule has 0 unspecified atom stereocenters. The number of aromatic nitrogens is 1. The van der Waals surface area contributed by atoms with Crippen LogP contribution in [-0.2, 0) is 9.47 Å². The number of morpholine rings is 1. The largest absolute Gasteiger partial charge is 0.382 e. The van der Waals surface area contributed by atoms with E-state index in [2.05, 4.69) is 16.0 Å². The topological polar surface area (TPSA) is 58.4 Å². The van der Waals surface area contributed by atoms with Gasteiger partial charge in [-0.2, -0.15) is 5.26 Å². The summed E-state index contributed by atoms with van der Waals surface area (Å²) >= 11 is 0. The lowest BCUT2D eigenvalue weighted by Crippen LogP contribution is -2.54. The van der Waals surface area contributed by atoms with E-state index in [1.54, 1.807) is 25.4 Å². The van der Waals surface area contributed by atoms with E-state index in [9.17, 15) is 5.26 Å². The minimum Gasteiger partial charge on any atom is -0.382 e. The van der Waals surface area contributed by atoms with Gasteiger partial charge in [-0.3, -0.25) is 0 Å². The summed E-state index contributed by atoms with van der Waals surface area (Å²) in [4.78, 5) is 6.44. The van der Waals surface area contributed by atoms with E-state index in [0.717, 1.165) is 5.82 Å². The van der Waals surface area contributed by atoms with Crippen molar-refractivity contribution < 1.29 is 9.47 Å². The van der Waals surface area contributed by atoms with Crippen LogP contribution in [0.5, 0.6) is 0 Å². The second-order valence-corrected chi connectivity index (χ2v) is 5.32. The Balaban J connectivity index is 2.26. The molecule has 2 heterocycles. The Labute approximate surface area is 113 Å². The van der Waals surface area contributed by atoms with Crippen LogP contribution in [0.3, 0.4) is 0 Å². The summed E-state index contributed by atoms with van der Waals surface area (Å²) in [5, 5.41) is 9.18. The maximum atomic E-state index is 9.18. The van der Waals surface area contributed by atoms with Gasteiger partial charge < -0.3 is 14.4 Å². The van der Waals surface area contributed by atoms with Crippen molar-refractivity contribution in [3.63, 3.8) is 0 Å². The van der Waals surface area contributed by atoms with Gasteiger partial charge in [-0.15, -0.1) is 0 Å². The molecule has 1 aliphatic heterocycles. The molecule has 0 N–H and O–H groups in total. The zero-order valence-electron chi connectivity index (χ0n) is 11.6. The van der Waals surface area contributed by atoms with Crippen molar-refractivity contribution in [3.8, 4) is 6.07 Å². The summed E-state index contributed by atoms with van der Waals surface area (Å²) in [5.74, 6) is 0.725. The fourth-order valence-electron chi connectivity index (χ4n) is 2.47. The van der Waals surface area contributed by atoms with Crippen LogP contribution in [0, 0.1) is 11.3 Å². The molecule has 5 nitrogen and oxygen atoms in total. The van der Waals surface area contributed by atoms with Crippen molar-refractivity contribution in [1.82, 2.24) is 4.98 Å². The van der Waals surface area contributed by atoms with Gasteiger partial charge in [0.15, 0.2) is 0 Å². The highest BCUT2D eigenvalue weighted by Gasteiger charge is 2.34. The van der Waals surface area contributed by atoms with E-state index < -0.39 is 0 Å². The quantitative estimate of drug-likeness (QED) is 0.827. The normalized spacial score (nSPS) is 22.0. The van der Waals surface area contributed by atoms with Gasteiger partial charge in [0.25, 0.3) is 0 Å². The van der Waals surface area contributed by atoms with Crippen LogP contribution >= 0.6 is 0 Å². The Kier molecular flexibility index (Phi) is 4.03. The van der Waals surface area contributed by atoms with Gasteiger partial charge in [0.2, 0.25) is 0 Å². The van der Waals surface area contributed by atoms with Crippen molar-refractivity contribution in [3.05, 3.63) is 23.9 Å². The van der Waals surface area contributed by atoms with Crippen LogP contribution in [0.15, 0.2) is 18.3 Å². The number of rotatable bonds is 3. The smallest absolute Gasteiger partial charge is 0.146 e. The third-order valence-corrected chi connectivity index (χ3v) is 3.04. The zero-order valence-corrected chi connectivity index (χ0v) is 11.6. The summed E-state index contributed by atoms with van der Waals surface area (Å²) in [6, 6.07) is 5.76. The minimum atomic E-state index is -0.286. The van der Waals surface area contributed by atoms with E-state index in [-0.39, 0.29) is 11.7 Å². The average Bonchev–Trinajstić information content (AvgIpc) is 2.37. The third-order valence-electron chi connectivity index (χ3n) is 3.04. The fraction of sp³-hybridized carbons (Fsp3) is 0.571. The van der Waals surface area contributed by atoms with Crippen LogP contribution in [0.4, 0.5) is 5.82 Å². The van der Waals surface area contributed by atoms with Gasteiger partial charge in [-0.25, -0.2) is 4.98 Å². The second-order valence-electron chi connectivity index (χ2n) is 5.32. The van der Waals surface area contributed by atoms with Crippen molar-refractivity contribution in [1.29, 1.82) is 5.26 Å². The van der Waals surface area contributed by atoms with Gasteiger partial charge >= 0.3 is 0 Å². The van der Waals surface area contributed by atoms with Crippen LogP contribution < -0.4 is 4.90 Å². The van der Waals surface area contributed by atoms with E-state index >= 15 is 0 Å². The number of hydrogen-bond acceptors (Lipinski definition) is 5. The van der Waals surface area contributed by atoms with Crippen LogP contribution in [0.25, 0.3) is 0 Å². The molecule has 1 aromatic heterocycles. The summed E-state index contributed by atoms with van der Waals surface area (Å²) in [5.41, 5.74) is 0.308. The minimum absolute atomic E-state index is 0.0118. The molecule has 102 valence electrons. The van der Waals surface area contributed by atoms with Gasteiger partial charge in [0.05, 0.1) is 23.9 Å². The predicted octanol–water partition coefficient (Wildman–Crippen LogP) is 1.58. The standard InChI is InChI=1S/C14H19N3O2/c1-14(2)10-17(8-12(19-14)9-18-3)13-11(7-15)5-4-6-16-13/h4-6,12H,8-10H2,1-3H3/t12-/m0/s1. The molecule has 1 aromatic rings. The molecule has 0 amide bonds. The lowest BCUT2D eigenvalue weighted by Gasteiger charge is -2.43. The Morgan fingerprint density at radius 2 is 2.42 bits per heavy atom. The molecule has 0 aromatic carbocycles. The molecule has 0 bridgehead atoms. The molecule has 0 spiro atoms. The number of hydrogen-bond donors (Lipinski definition) is 0. The van der Waals surface area contributed by atoms with Crippen molar-refractivity contribution in [2.75, 3.05) is 31.7 Å². The molecular formula is C14H19N3O2. The van der Waals surface area contributed by atoms with Crippen LogP contribution in [0.2, 0.25) is 0 Å². The number of pyridine rings is 1. The van der Waals surface area contributed by atoms with Gasteiger partial charge in [-0.05, 0) is 26.0 Å². The molecule has 5 heteroatoms. The molecule has 1 saturated heterocycles. The Morgan fingerprint density at radius 1 is 1.63 bits per heavy atom. The van der Waals surface area contributed by atoms with Crippen molar-refractivity contribution >= 4 is 5.82 Å². The molecule has 1 atom stereocenters. The first-order valence-corrected chi connectivity index (χ1v) is 6.32. The molecule has 19 heavy (non-hydrogen) atoms. The number of nitriles is 1. The molecule has 0 saturated carbocycles. The number of anilines is 1. The first kappa shape index (κ1) is 13.8. The van der Waals surface area contributed by atoms with E-state index in [1.807, 2.05) is 13.8 Å².